The molecule has 3 rings (SSSR count). The fraction of sp³-hybridized carbons (Fsp3) is 0.348. The van der Waals surface area contributed by atoms with Gasteiger partial charge in [0.05, 0.1) is 14.2 Å². The summed E-state index contributed by atoms with van der Waals surface area (Å²) in [4.78, 5) is 14.6. The molecular weight excluding hydrogens is 406 g/mol. The minimum absolute atomic E-state index is 0.0498. The van der Waals surface area contributed by atoms with Gasteiger partial charge in [0.1, 0.15) is 5.75 Å². The highest BCUT2D eigenvalue weighted by Crippen LogP contribution is 2.33. The Balaban J connectivity index is 1.55. The van der Waals surface area contributed by atoms with E-state index in [4.69, 9.17) is 9.47 Å². The van der Waals surface area contributed by atoms with Gasteiger partial charge in [-0.2, -0.15) is 8.78 Å². The van der Waals surface area contributed by atoms with Crippen LogP contribution in [0.25, 0.3) is 6.08 Å². The highest BCUT2D eigenvalue weighted by Gasteiger charge is 2.20. The van der Waals surface area contributed by atoms with Gasteiger partial charge in [-0.05, 0) is 49.2 Å². The molecule has 166 valence electrons. The minimum Gasteiger partial charge on any atom is -0.497 e. The maximum atomic E-state index is 12.7. The van der Waals surface area contributed by atoms with E-state index in [1.807, 2.05) is 24.3 Å². The second kappa shape index (κ2) is 10.7. The quantitative estimate of drug-likeness (QED) is 0.637. The maximum absolute atomic E-state index is 12.7. The lowest BCUT2D eigenvalue weighted by Crippen LogP contribution is -2.44. The second-order valence-electron chi connectivity index (χ2n) is 7.06. The molecule has 1 N–H and O–H groups in total. The molecule has 8 heteroatoms. The largest absolute Gasteiger partial charge is 0.497 e. The van der Waals surface area contributed by atoms with Crippen molar-refractivity contribution in [3.63, 3.8) is 0 Å². The van der Waals surface area contributed by atoms with Gasteiger partial charge in [-0.15, -0.1) is 0 Å². The van der Waals surface area contributed by atoms with Crippen molar-refractivity contribution in [2.24, 2.45) is 0 Å². The first-order valence-corrected chi connectivity index (χ1v) is 9.99. The number of nitrogens with zero attached hydrogens (tertiary/aromatic N) is 1. The topological polar surface area (TPSA) is 60.0 Å². The van der Waals surface area contributed by atoms with E-state index in [2.05, 4.69) is 15.0 Å². The number of hydrogen-bond donors (Lipinski definition) is 1. The van der Waals surface area contributed by atoms with E-state index in [-0.39, 0.29) is 23.4 Å². The van der Waals surface area contributed by atoms with E-state index >= 15 is 0 Å². The number of rotatable bonds is 8. The Kier molecular flexibility index (Phi) is 7.70. The highest BCUT2D eigenvalue weighted by molar-refractivity contribution is 5.92. The number of carbonyl (C=O) groups excluding carboxylic acids is 1. The van der Waals surface area contributed by atoms with Crippen LogP contribution < -0.4 is 24.4 Å². The molecule has 2 aromatic carbocycles. The first kappa shape index (κ1) is 22.4. The lowest BCUT2D eigenvalue weighted by atomic mass is 10.0. The Morgan fingerprint density at radius 3 is 2.42 bits per heavy atom. The van der Waals surface area contributed by atoms with Crippen LogP contribution in [0, 0.1) is 0 Å². The van der Waals surface area contributed by atoms with Crippen LogP contribution in [0.2, 0.25) is 0 Å². The molecule has 1 aliphatic heterocycles. The van der Waals surface area contributed by atoms with Gasteiger partial charge in [-0.3, -0.25) is 4.79 Å². The zero-order chi connectivity index (χ0) is 22.2. The predicted molar refractivity (Wildman–Crippen MR) is 115 cm³/mol. The predicted octanol–water partition coefficient (Wildman–Crippen LogP) is 4.10. The molecule has 6 nitrogen and oxygen atoms in total. The van der Waals surface area contributed by atoms with Crippen LogP contribution in [0.3, 0.4) is 0 Å². The number of amides is 1. The fourth-order valence-electron chi connectivity index (χ4n) is 3.53. The van der Waals surface area contributed by atoms with E-state index in [0.717, 1.165) is 37.4 Å². The van der Waals surface area contributed by atoms with E-state index in [9.17, 15) is 13.6 Å². The molecule has 0 aromatic heterocycles. The van der Waals surface area contributed by atoms with Gasteiger partial charge >= 0.3 is 6.61 Å². The summed E-state index contributed by atoms with van der Waals surface area (Å²) in [6.45, 7) is -1.35. The van der Waals surface area contributed by atoms with Crippen LogP contribution in [0.4, 0.5) is 14.5 Å². The lowest BCUT2D eigenvalue weighted by Gasteiger charge is -2.33. The number of halogens is 2. The summed E-state index contributed by atoms with van der Waals surface area (Å²) in [5.74, 6) is 0.607. The first-order chi connectivity index (χ1) is 15.0. The summed E-state index contributed by atoms with van der Waals surface area (Å²) in [5.41, 5.74) is 1.46. The van der Waals surface area contributed by atoms with Crippen LogP contribution in [0.1, 0.15) is 18.4 Å². The van der Waals surface area contributed by atoms with Crippen LogP contribution in [0.15, 0.2) is 48.5 Å². The lowest BCUT2D eigenvalue weighted by molar-refractivity contribution is -0.117. The van der Waals surface area contributed by atoms with Gasteiger partial charge in [0.15, 0.2) is 11.5 Å². The molecule has 1 aliphatic rings. The number of methoxy groups -OCH3 is 2. The Morgan fingerprint density at radius 2 is 1.81 bits per heavy atom. The van der Waals surface area contributed by atoms with E-state index in [0.29, 0.717) is 5.56 Å². The monoisotopic (exact) mass is 432 g/mol. The number of anilines is 1. The molecule has 0 saturated carbocycles. The molecule has 0 bridgehead atoms. The smallest absolute Gasteiger partial charge is 0.387 e. The Morgan fingerprint density at radius 1 is 1.10 bits per heavy atom. The van der Waals surface area contributed by atoms with Gasteiger partial charge in [-0.25, -0.2) is 0 Å². The van der Waals surface area contributed by atoms with E-state index in [1.165, 1.54) is 25.3 Å². The number of hydrogen-bond acceptors (Lipinski definition) is 5. The fourth-order valence-corrected chi connectivity index (χ4v) is 3.53. The number of benzene rings is 2. The molecule has 0 atom stereocenters. The molecule has 1 saturated heterocycles. The molecular formula is C23H26F2N2O4. The molecule has 31 heavy (non-hydrogen) atoms. The number of piperidine rings is 1. The van der Waals surface area contributed by atoms with Crippen molar-refractivity contribution in [3.8, 4) is 17.2 Å². The third kappa shape index (κ3) is 6.10. The van der Waals surface area contributed by atoms with Crippen molar-refractivity contribution in [2.75, 3.05) is 32.2 Å². The minimum atomic E-state index is -2.99. The summed E-state index contributed by atoms with van der Waals surface area (Å²) in [6, 6.07) is 12.7. The molecule has 2 aromatic rings. The zero-order valence-corrected chi connectivity index (χ0v) is 17.5. The van der Waals surface area contributed by atoms with Gasteiger partial charge < -0.3 is 24.4 Å². The number of carbonyl (C=O) groups is 1. The molecule has 1 heterocycles. The second-order valence-corrected chi connectivity index (χ2v) is 7.06. The number of para-hydroxylation sites is 1. The SMILES string of the molecule is COc1ccc(N2CCC(NC(=O)/C=C/c3cccc(OC)c3OC(F)F)CC2)cc1. The third-order valence-corrected chi connectivity index (χ3v) is 5.13. The molecule has 0 aliphatic carbocycles. The average Bonchev–Trinajstić information content (AvgIpc) is 2.78. The van der Waals surface area contributed by atoms with Crippen molar-refractivity contribution in [3.05, 3.63) is 54.1 Å². The van der Waals surface area contributed by atoms with E-state index < -0.39 is 6.61 Å². The molecule has 0 unspecified atom stereocenters. The van der Waals surface area contributed by atoms with Crippen molar-refractivity contribution < 1.29 is 27.8 Å². The number of nitrogens with one attached hydrogen (secondary N) is 1. The van der Waals surface area contributed by atoms with Gasteiger partial charge in [0, 0.05) is 36.5 Å². The normalized spacial score (nSPS) is 14.7. The number of ether oxygens (including phenoxy) is 3. The van der Waals surface area contributed by atoms with Crippen molar-refractivity contribution in [1.82, 2.24) is 5.32 Å². The summed E-state index contributed by atoms with van der Waals surface area (Å²) < 4.78 is 40.3. The Bertz CT molecular complexity index is 895. The molecule has 0 spiro atoms. The van der Waals surface area contributed by atoms with Crippen LogP contribution in [0.5, 0.6) is 17.2 Å². The summed E-state index contributed by atoms with van der Waals surface area (Å²) >= 11 is 0. The van der Waals surface area contributed by atoms with Crippen LogP contribution in [-0.2, 0) is 4.79 Å². The standard InChI is InChI=1S/C23H26F2N2O4/c1-29-19-9-7-18(8-10-19)27-14-12-17(13-15-27)26-21(28)11-6-16-4-3-5-20(30-2)22(16)31-23(24)25/h3-11,17,23H,12-15H2,1-2H3,(H,26,28)/b11-6+. The summed E-state index contributed by atoms with van der Waals surface area (Å²) in [5, 5.41) is 2.98. The van der Waals surface area contributed by atoms with Crippen LogP contribution >= 0.6 is 0 Å². The van der Waals surface area contributed by atoms with Crippen LogP contribution in [-0.4, -0.2) is 45.9 Å². The van der Waals surface area contributed by atoms with Gasteiger partial charge in [0.25, 0.3) is 0 Å². The number of alkyl halides is 2. The molecule has 1 amide bonds. The van der Waals surface area contributed by atoms with Gasteiger partial charge in [-0.1, -0.05) is 12.1 Å². The van der Waals surface area contributed by atoms with Crippen molar-refractivity contribution in [1.29, 1.82) is 0 Å². The maximum Gasteiger partial charge on any atom is 0.387 e. The van der Waals surface area contributed by atoms with Gasteiger partial charge in [0.2, 0.25) is 5.91 Å². The Hall–Kier alpha value is -3.29. The molecule has 0 radical (unpaired) electrons. The summed E-state index contributed by atoms with van der Waals surface area (Å²) in [7, 11) is 3.00. The van der Waals surface area contributed by atoms with E-state index in [1.54, 1.807) is 19.2 Å². The molecule has 1 fully saturated rings. The average molecular weight is 432 g/mol. The summed E-state index contributed by atoms with van der Waals surface area (Å²) in [6.07, 6.45) is 4.39. The van der Waals surface area contributed by atoms with Crippen molar-refractivity contribution in [2.45, 2.75) is 25.5 Å². The highest BCUT2D eigenvalue weighted by atomic mass is 19.3. The Labute approximate surface area is 180 Å². The van der Waals surface area contributed by atoms with Crippen molar-refractivity contribution >= 4 is 17.7 Å². The third-order valence-electron chi connectivity index (χ3n) is 5.13. The first-order valence-electron chi connectivity index (χ1n) is 9.99. The zero-order valence-electron chi connectivity index (χ0n) is 17.5.